The Labute approximate surface area is 126 Å². The maximum absolute atomic E-state index is 5.54. The van der Waals surface area contributed by atoms with Crippen LogP contribution in [0.5, 0.6) is 0 Å². The Morgan fingerprint density at radius 3 is 2.86 bits per heavy atom. The quantitative estimate of drug-likeness (QED) is 0.433. The Morgan fingerprint density at radius 2 is 2.10 bits per heavy atom. The van der Waals surface area contributed by atoms with Crippen LogP contribution in [-0.2, 0) is 0 Å². The number of nitrogens with two attached hydrogens (primary N) is 1. The van der Waals surface area contributed by atoms with Gasteiger partial charge in [-0.1, -0.05) is 19.9 Å². The third kappa shape index (κ3) is 2.55. The first kappa shape index (κ1) is 13.8. The molecule has 3 rings (SSSR count). The summed E-state index contributed by atoms with van der Waals surface area (Å²) in [5.74, 6) is 6.41. The smallest absolute Gasteiger partial charge is 0.201 e. The van der Waals surface area contributed by atoms with E-state index in [9.17, 15) is 0 Å². The van der Waals surface area contributed by atoms with Gasteiger partial charge in [0.05, 0.1) is 0 Å². The number of anilines is 1. The molecule has 0 saturated carbocycles. The Hall–Kier alpha value is -2.19. The second-order valence-electron chi connectivity index (χ2n) is 4.75. The molecule has 0 fully saturated rings. The number of hydrazine groups is 1. The number of hydrogen-bond acceptors (Lipinski definition) is 7. The lowest BCUT2D eigenvalue weighted by Gasteiger charge is -2.14. The van der Waals surface area contributed by atoms with Crippen molar-refractivity contribution in [2.24, 2.45) is 5.84 Å². The molecule has 108 valence electrons. The molecular formula is C13H15N7S. The predicted molar refractivity (Wildman–Crippen MR) is 81.0 cm³/mol. The van der Waals surface area contributed by atoms with Gasteiger partial charge in [-0.25, -0.2) is 15.8 Å². The highest BCUT2D eigenvalue weighted by Gasteiger charge is 2.17. The fourth-order valence-corrected chi connectivity index (χ4v) is 3.12. The number of nitrogen functional groups attached to an aromatic ring is 1. The molecule has 7 nitrogen and oxygen atoms in total. The molecule has 0 unspecified atom stereocenters. The van der Waals surface area contributed by atoms with Gasteiger partial charge in [-0.05, 0) is 29.8 Å². The lowest BCUT2D eigenvalue weighted by Crippen LogP contribution is -2.13. The average Bonchev–Trinajstić information content (AvgIpc) is 2.90. The minimum Gasteiger partial charge on any atom is -0.308 e. The molecule has 3 N–H and O–H groups in total. The van der Waals surface area contributed by atoms with Crippen molar-refractivity contribution >= 4 is 23.2 Å². The molecule has 0 aliphatic heterocycles. The molecule has 0 aliphatic carbocycles. The first-order valence-electron chi connectivity index (χ1n) is 6.50. The van der Waals surface area contributed by atoms with Crippen molar-refractivity contribution in [1.29, 1.82) is 0 Å². The molecule has 3 heterocycles. The van der Waals surface area contributed by atoms with Gasteiger partial charge >= 0.3 is 0 Å². The van der Waals surface area contributed by atoms with E-state index < -0.39 is 0 Å². The molecule has 3 aromatic rings. The van der Waals surface area contributed by atoms with Gasteiger partial charge in [0.15, 0.2) is 5.65 Å². The second kappa shape index (κ2) is 5.66. The third-order valence-electron chi connectivity index (χ3n) is 3.03. The zero-order valence-electron chi connectivity index (χ0n) is 11.7. The van der Waals surface area contributed by atoms with Gasteiger partial charge in [-0.15, -0.1) is 10.2 Å². The van der Waals surface area contributed by atoms with Gasteiger partial charge in [-0.3, -0.25) is 4.40 Å². The van der Waals surface area contributed by atoms with Gasteiger partial charge in [-0.2, -0.15) is 0 Å². The van der Waals surface area contributed by atoms with E-state index in [1.54, 1.807) is 0 Å². The van der Waals surface area contributed by atoms with Crippen molar-refractivity contribution in [2.75, 3.05) is 5.43 Å². The summed E-state index contributed by atoms with van der Waals surface area (Å²) in [7, 11) is 0. The first-order chi connectivity index (χ1) is 10.2. The third-order valence-corrected chi connectivity index (χ3v) is 4.01. The summed E-state index contributed by atoms with van der Waals surface area (Å²) >= 11 is 1.45. The van der Waals surface area contributed by atoms with Crippen LogP contribution in [0.15, 0.2) is 40.9 Å². The van der Waals surface area contributed by atoms with Crippen molar-refractivity contribution in [2.45, 2.75) is 29.9 Å². The van der Waals surface area contributed by atoms with Crippen LogP contribution < -0.4 is 11.3 Å². The Morgan fingerprint density at radius 1 is 1.24 bits per heavy atom. The van der Waals surface area contributed by atoms with Crippen molar-refractivity contribution in [1.82, 2.24) is 24.6 Å². The zero-order valence-corrected chi connectivity index (χ0v) is 12.5. The van der Waals surface area contributed by atoms with Gasteiger partial charge in [0.25, 0.3) is 0 Å². The van der Waals surface area contributed by atoms with E-state index in [1.807, 2.05) is 28.8 Å². The van der Waals surface area contributed by atoms with Gasteiger partial charge in [0.1, 0.15) is 17.2 Å². The van der Waals surface area contributed by atoms with Crippen LogP contribution in [-0.4, -0.2) is 24.6 Å². The molecule has 0 amide bonds. The summed E-state index contributed by atoms with van der Waals surface area (Å²) in [6.07, 6.45) is 3.42. The molecule has 0 bridgehead atoms. The van der Waals surface area contributed by atoms with E-state index in [1.165, 1.54) is 18.1 Å². The molecule has 0 aliphatic rings. The molecule has 0 saturated heterocycles. The molecule has 0 atom stereocenters. The zero-order chi connectivity index (χ0) is 14.8. The van der Waals surface area contributed by atoms with Crippen LogP contribution in [0.25, 0.3) is 5.65 Å². The maximum atomic E-state index is 5.54. The average molecular weight is 301 g/mol. The first-order valence-corrected chi connectivity index (χ1v) is 7.31. The fourth-order valence-electron chi connectivity index (χ4n) is 2.07. The summed E-state index contributed by atoms with van der Waals surface area (Å²) in [4.78, 5) is 8.53. The molecule has 8 heteroatoms. The minimum absolute atomic E-state index is 0.235. The highest BCUT2D eigenvalue weighted by Crippen LogP contribution is 2.34. The highest BCUT2D eigenvalue weighted by atomic mass is 32.2. The molecule has 0 radical (unpaired) electrons. The topological polar surface area (TPSA) is 94.0 Å². The normalized spacial score (nSPS) is 11.2. The van der Waals surface area contributed by atoms with E-state index in [2.05, 4.69) is 39.4 Å². The van der Waals surface area contributed by atoms with Gasteiger partial charge in [0, 0.05) is 11.8 Å². The van der Waals surface area contributed by atoms with E-state index >= 15 is 0 Å². The summed E-state index contributed by atoms with van der Waals surface area (Å²) in [6, 6.07) is 5.78. The van der Waals surface area contributed by atoms with E-state index in [0.29, 0.717) is 5.82 Å². The molecule has 21 heavy (non-hydrogen) atoms. The number of aromatic nitrogens is 5. The second-order valence-corrected chi connectivity index (χ2v) is 5.71. The Balaban J connectivity index is 2.05. The maximum Gasteiger partial charge on any atom is 0.201 e. The van der Waals surface area contributed by atoms with Crippen molar-refractivity contribution in [3.63, 3.8) is 0 Å². The van der Waals surface area contributed by atoms with Crippen LogP contribution in [0.3, 0.4) is 0 Å². The summed E-state index contributed by atoms with van der Waals surface area (Å²) < 4.78 is 1.92. The van der Waals surface area contributed by atoms with Crippen molar-refractivity contribution in [3.05, 3.63) is 36.3 Å². The summed E-state index contributed by atoms with van der Waals surface area (Å²) in [5, 5.41) is 9.93. The monoisotopic (exact) mass is 301 g/mol. The number of rotatable bonds is 4. The van der Waals surface area contributed by atoms with Crippen molar-refractivity contribution in [3.8, 4) is 0 Å². The van der Waals surface area contributed by atoms with Crippen LogP contribution in [0.1, 0.15) is 25.3 Å². The van der Waals surface area contributed by atoms with E-state index in [0.717, 1.165) is 21.4 Å². The highest BCUT2D eigenvalue weighted by molar-refractivity contribution is 7.99. The number of nitrogens with zero attached hydrogens (tertiary/aromatic N) is 5. The number of fused-ring (bicyclic) bond motifs is 1. The largest absolute Gasteiger partial charge is 0.308 e. The minimum atomic E-state index is 0.235. The van der Waals surface area contributed by atoms with Crippen LogP contribution in [0.4, 0.5) is 5.82 Å². The van der Waals surface area contributed by atoms with Gasteiger partial charge < -0.3 is 5.43 Å². The molecular weight excluding hydrogens is 286 g/mol. The standard InChI is InChI=1S/C13H15N7S/c1-8(2)10-11(17-14)15-7-16-12(10)21-13-19-18-9-5-3-4-6-20(9)13/h3-8H,14H2,1-2H3,(H,15,16,17). The molecule has 3 aromatic heterocycles. The number of nitrogens with one attached hydrogen (secondary N) is 1. The Kier molecular flexibility index (Phi) is 3.72. The molecule has 0 aromatic carbocycles. The summed E-state index contributed by atoms with van der Waals surface area (Å²) in [6.45, 7) is 4.15. The number of hydrogen-bond donors (Lipinski definition) is 2. The van der Waals surface area contributed by atoms with Crippen molar-refractivity contribution < 1.29 is 0 Å². The SMILES string of the molecule is CC(C)c1c(NN)ncnc1Sc1nnc2ccccn12. The predicted octanol–water partition coefficient (Wildman–Crippen LogP) is 2.08. The van der Waals surface area contributed by atoms with Crippen LogP contribution in [0.2, 0.25) is 0 Å². The van der Waals surface area contributed by atoms with E-state index in [-0.39, 0.29) is 5.92 Å². The molecule has 0 spiro atoms. The van der Waals surface area contributed by atoms with E-state index in [4.69, 9.17) is 5.84 Å². The summed E-state index contributed by atoms with van der Waals surface area (Å²) in [5.41, 5.74) is 4.40. The van der Waals surface area contributed by atoms with Crippen LogP contribution >= 0.6 is 11.8 Å². The fraction of sp³-hybridized carbons (Fsp3) is 0.231. The lowest BCUT2D eigenvalue weighted by molar-refractivity contribution is 0.801. The lowest BCUT2D eigenvalue weighted by atomic mass is 10.1. The van der Waals surface area contributed by atoms with Crippen LogP contribution in [0, 0.1) is 0 Å². The number of pyridine rings is 1. The Bertz CT molecular complexity index is 768. The van der Waals surface area contributed by atoms with Gasteiger partial charge in [0.2, 0.25) is 5.16 Å².